The number of phosphoric ester groups is 1. The average molecular weight is 879 g/mol. The summed E-state index contributed by atoms with van der Waals surface area (Å²) in [5, 5.41) is 0. The summed E-state index contributed by atoms with van der Waals surface area (Å²) in [6.45, 7) is 0. The van der Waals surface area contributed by atoms with E-state index in [4.69, 9.17) is 42.0 Å². The van der Waals surface area contributed by atoms with Gasteiger partial charge in [-0.05, 0) is 109 Å². The number of ether oxygens (including phenoxy) is 6. The molecule has 0 atom stereocenters. The highest BCUT2D eigenvalue weighted by molar-refractivity contribution is 7.49. The number of rotatable bonds is 18. The van der Waals surface area contributed by atoms with Crippen LogP contribution in [0, 0.1) is 0 Å². The van der Waals surface area contributed by atoms with Crippen molar-refractivity contribution in [3.8, 4) is 86.2 Å². The summed E-state index contributed by atoms with van der Waals surface area (Å²) in [6.07, 6.45) is 0. The van der Waals surface area contributed by atoms with Crippen molar-refractivity contribution < 1.29 is 46.6 Å². The molecule has 0 aliphatic carbocycles. The fourth-order valence-corrected chi connectivity index (χ4v) is 7.55. The van der Waals surface area contributed by atoms with E-state index in [-0.39, 0.29) is 34.5 Å². The van der Waals surface area contributed by atoms with Crippen molar-refractivity contribution in [1.29, 1.82) is 0 Å². The molecule has 0 aliphatic heterocycles. The minimum absolute atomic E-state index is 0.00159. The number of benzene rings is 9. The number of hydrogen-bond donors (Lipinski definition) is 0. The molecule has 0 bridgehead atoms. The molecule has 0 saturated heterocycles. The zero-order valence-corrected chi connectivity index (χ0v) is 35.4. The number of para-hydroxylation sites is 6. The van der Waals surface area contributed by atoms with Crippen molar-refractivity contribution in [3.05, 3.63) is 237 Å². The minimum Gasteiger partial charge on any atom is -0.457 e. The summed E-state index contributed by atoms with van der Waals surface area (Å²) in [5.41, 5.74) is 0. The summed E-state index contributed by atoms with van der Waals surface area (Å²) in [4.78, 5) is 0. The van der Waals surface area contributed by atoms with Crippen LogP contribution in [0.15, 0.2) is 237 Å². The molecule has 9 aromatic carbocycles. The Hall–Kier alpha value is -8.59. The van der Waals surface area contributed by atoms with Gasteiger partial charge in [-0.25, -0.2) is 0 Å². The number of hydrogen-bond acceptors (Lipinski definition) is 10. The topological polar surface area (TPSA) is 100 Å². The van der Waals surface area contributed by atoms with Crippen LogP contribution in [-0.2, 0) is 4.57 Å². The molecule has 0 radical (unpaired) electrons. The molecule has 0 aliphatic rings. The third kappa shape index (κ3) is 11.5. The van der Waals surface area contributed by atoms with Crippen molar-refractivity contribution in [2.75, 3.05) is 0 Å². The van der Waals surface area contributed by atoms with E-state index in [2.05, 4.69) is 0 Å². The van der Waals surface area contributed by atoms with Crippen molar-refractivity contribution >= 4 is 7.82 Å². The number of phosphoric acid groups is 1. The summed E-state index contributed by atoms with van der Waals surface area (Å²) in [6, 6.07) is 69.6. The van der Waals surface area contributed by atoms with E-state index >= 15 is 4.57 Å². The van der Waals surface area contributed by atoms with Gasteiger partial charge in [0.15, 0.2) is 34.5 Å². The normalized spacial score (nSPS) is 10.8. The molecule has 0 spiro atoms. The van der Waals surface area contributed by atoms with Crippen LogP contribution >= 0.6 is 7.82 Å². The summed E-state index contributed by atoms with van der Waals surface area (Å²) >= 11 is 0. The highest BCUT2D eigenvalue weighted by Crippen LogP contribution is 2.56. The molecule has 0 aromatic heterocycles. The molecule has 0 amide bonds. The smallest absolute Gasteiger partial charge is 0.457 e. The molecule has 0 unspecified atom stereocenters. The zero-order chi connectivity index (χ0) is 44.1. The van der Waals surface area contributed by atoms with E-state index in [9.17, 15) is 0 Å². The molecule has 11 heteroatoms. The van der Waals surface area contributed by atoms with Gasteiger partial charge in [0.2, 0.25) is 0 Å². The van der Waals surface area contributed by atoms with Crippen LogP contribution in [0.5, 0.6) is 86.2 Å². The lowest BCUT2D eigenvalue weighted by Gasteiger charge is -2.23. The third-order valence-electron chi connectivity index (χ3n) is 9.23. The Kier molecular flexibility index (Phi) is 12.9. The lowest BCUT2D eigenvalue weighted by molar-refractivity contribution is 0.284. The lowest BCUT2D eigenvalue weighted by Crippen LogP contribution is -2.09. The minimum atomic E-state index is -4.89. The van der Waals surface area contributed by atoms with Gasteiger partial charge >= 0.3 is 7.82 Å². The Morgan fingerprint density at radius 2 is 0.431 bits per heavy atom. The van der Waals surface area contributed by atoms with Crippen LogP contribution in [0.4, 0.5) is 0 Å². The van der Waals surface area contributed by atoms with Gasteiger partial charge in [0, 0.05) is 18.2 Å². The van der Waals surface area contributed by atoms with Crippen LogP contribution in [0.25, 0.3) is 0 Å². The molecule has 10 nitrogen and oxygen atoms in total. The maximum absolute atomic E-state index is 15.7. The summed E-state index contributed by atoms with van der Waals surface area (Å²) in [7, 11) is -4.89. The predicted molar refractivity (Wildman–Crippen MR) is 248 cm³/mol. The molecule has 320 valence electrons. The molecule has 9 aromatic rings. The maximum atomic E-state index is 15.7. The highest BCUT2D eigenvalue weighted by Gasteiger charge is 2.37. The van der Waals surface area contributed by atoms with Crippen molar-refractivity contribution in [2.24, 2.45) is 0 Å². The first-order valence-electron chi connectivity index (χ1n) is 20.5. The second-order valence-corrected chi connectivity index (χ2v) is 15.5. The molecular weight excluding hydrogens is 840 g/mol. The molecule has 0 heterocycles. The highest BCUT2D eigenvalue weighted by atomic mass is 31.2. The van der Waals surface area contributed by atoms with E-state index in [0.717, 1.165) is 0 Å². The van der Waals surface area contributed by atoms with E-state index in [1.54, 1.807) is 91.0 Å². The second-order valence-electron chi connectivity index (χ2n) is 14.0. The fourth-order valence-electron chi connectivity index (χ4n) is 6.26. The van der Waals surface area contributed by atoms with Crippen LogP contribution < -0.4 is 42.0 Å². The van der Waals surface area contributed by atoms with E-state index in [1.165, 1.54) is 0 Å². The Morgan fingerprint density at radius 3 is 0.662 bits per heavy atom. The maximum Gasteiger partial charge on any atom is 0.647 e. The average Bonchev–Trinajstić information content (AvgIpc) is 3.34. The summed E-state index contributed by atoms with van der Waals surface area (Å²) < 4.78 is 72.6. The van der Waals surface area contributed by atoms with Crippen LogP contribution in [0.3, 0.4) is 0 Å². The van der Waals surface area contributed by atoms with Gasteiger partial charge in [-0.3, -0.25) is 0 Å². The molecule has 0 N–H and O–H groups in total. The Labute approximate surface area is 375 Å². The van der Waals surface area contributed by atoms with Gasteiger partial charge in [-0.15, -0.1) is 0 Å². The first kappa shape index (κ1) is 41.7. The van der Waals surface area contributed by atoms with Gasteiger partial charge in [-0.1, -0.05) is 109 Å². The molecule has 9 rings (SSSR count). The zero-order valence-electron chi connectivity index (χ0n) is 34.5. The predicted octanol–water partition coefficient (Wildman–Crippen LogP) is 16.1. The Morgan fingerprint density at radius 1 is 0.215 bits per heavy atom. The van der Waals surface area contributed by atoms with Crippen molar-refractivity contribution in [1.82, 2.24) is 0 Å². The van der Waals surface area contributed by atoms with Crippen molar-refractivity contribution in [3.63, 3.8) is 0 Å². The molecular formula is C54H39O10P. The standard InChI is InChI=1S/C54H39O10P/c55-65(62-49-34-31-46(56-40-19-7-1-8-20-40)37-52(49)59-43-25-13-4-14-26-43,63-50-35-32-47(57-41-21-9-2-10-22-41)38-53(50)60-44-27-15-5-16-28-44)64-51-36-33-48(58-42-23-11-3-12-24-42)39-54(51)61-45-29-17-6-18-30-45/h1-39H. The molecule has 0 fully saturated rings. The lowest BCUT2D eigenvalue weighted by atomic mass is 10.3. The van der Waals surface area contributed by atoms with Gasteiger partial charge in [-0.2, -0.15) is 4.57 Å². The van der Waals surface area contributed by atoms with Crippen LogP contribution in [0.2, 0.25) is 0 Å². The van der Waals surface area contributed by atoms with Gasteiger partial charge in [0.1, 0.15) is 51.7 Å². The van der Waals surface area contributed by atoms with Crippen molar-refractivity contribution in [2.45, 2.75) is 0 Å². The van der Waals surface area contributed by atoms with E-state index < -0.39 is 7.82 Å². The first-order chi connectivity index (χ1) is 32.0. The van der Waals surface area contributed by atoms with Crippen LogP contribution in [0.1, 0.15) is 0 Å². The quantitative estimate of drug-likeness (QED) is 0.0775. The fraction of sp³-hybridized carbons (Fsp3) is 0. The SMILES string of the molecule is O=P(Oc1ccc(Oc2ccccc2)cc1Oc1ccccc1)(Oc1ccc(Oc2ccccc2)cc1Oc1ccccc1)Oc1ccc(Oc2ccccc2)cc1Oc1ccccc1. The largest absolute Gasteiger partial charge is 0.647 e. The summed E-state index contributed by atoms with van der Waals surface area (Å²) in [5.74, 6) is 4.95. The molecule has 0 saturated carbocycles. The molecule has 65 heavy (non-hydrogen) atoms. The second kappa shape index (κ2) is 20.1. The van der Waals surface area contributed by atoms with E-state index in [0.29, 0.717) is 51.7 Å². The Balaban J connectivity index is 1.14. The third-order valence-corrected chi connectivity index (χ3v) is 10.5. The van der Waals surface area contributed by atoms with E-state index in [1.807, 2.05) is 146 Å². The van der Waals surface area contributed by atoms with Gasteiger partial charge in [0.25, 0.3) is 0 Å². The Bertz CT molecular complexity index is 2650. The van der Waals surface area contributed by atoms with Crippen LogP contribution in [-0.4, -0.2) is 0 Å². The van der Waals surface area contributed by atoms with Gasteiger partial charge < -0.3 is 42.0 Å². The monoisotopic (exact) mass is 878 g/mol. The van der Waals surface area contributed by atoms with Gasteiger partial charge in [0.05, 0.1) is 0 Å². The first-order valence-corrected chi connectivity index (χ1v) is 21.9.